The first-order valence-corrected chi connectivity index (χ1v) is 7.69. The molecule has 0 amide bonds. The number of hydrogen-bond donors (Lipinski definition) is 2. The van der Waals surface area contributed by atoms with Crippen LogP contribution in [0.3, 0.4) is 0 Å². The van der Waals surface area contributed by atoms with Crippen molar-refractivity contribution in [1.82, 2.24) is 30.4 Å². The van der Waals surface area contributed by atoms with E-state index in [1.807, 2.05) is 0 Å². The Morgan fingerprint density at radius 3 is 2.81 bits per heavy atom. The molecule has 1 aliphatic heterocycles. The molecule has 10 heteroatoms. The summed E-state index contributed by atoms with van der Waals surface area (Å²) >= 11 is 0. The van der Waals surface area contributed by atoms with E-state index in [4.69, 9.17) is 4.42 Å². The molecule has 1 aliphatic rings. The molecule has 0 fully saturated rings. The SMILES string of the molecule is O=c1[nH]nc(-c2ccc(F)cc2)c2c1Nc1nnnn1[C@H]2c1ccco1. The summed E-state index contributed by atoms with van der Waals surface area (Å²) in [7, 11) is 0. The molecule has 0 saturated carbocycles. The van der Waals surface area contributed by atoms with Gasteiger partial charge in [0.25, 0.3) is 5.56 Å². The Labute approximate surface area is 144 Å². The van der Waals surface area contributed by atoms with Crippen LogP contribution in [0, 0.1) is 5.82 Å². The summed E-state index contributed by atoms with van der Waals surface area (Å²) < 4.78 is 20.4. The fourth-order valence-corrected chi connectivity index (χ4v) is 3.08. The fraction of sp³-hybridized carbons (Fsp3) is 0.0625. The van der Waals surface area contributed by atoms with E-state index in [0.29, 0.717) is 28.5 Å². The van der Waals surface area contributed by atoms with Gasteiger partial charge >= 0.3 is 0 Å². The fourth-order valence-electron chi connectivity index (χ4n) is 3.08. The van der Waals surface area contributed by atoms with Gasteiger partial charge in [0.05, 0.1) is 12.0 Å². The number of rotatable bonds is 2. The van der Waals surface area contributed by atoms with Gasteiger partial charge in [0.2, 0.25) is 5.95 Å². The number of nitrogens with one attached hydrogen (secondary N) is 2. The number of benzene rings is 1. The summed E-state index contributed by atoms with van der Waals surface area (Å²) in [5.41, 5.74) is 1.48. The van der Waals surface area contributed by atoms with Crippen molar-refractivity contribution in [2.24, 2.45) is 0 Å². The monoisotopic (exact) mass is 351 g/mol. The number of hydrogen-bond acceptors (Lipinski definition) is 7. The summed E-state index contributed by atoms with van der Waals surface area (Å²) in [6.07, 6.45) is 1.53. The second kappa shape index (κ2) is 5.34. The zero-order valence-corrected chi connectivity index (χ0v) is 13.0. The molecule has 4 aromatic rings. The van der Waals surface area contributed by atoms with Crippen molar-refractivity contribution >= 4 is 11.6 Å². The molecule has 1 atom stereocenters. The number of fused-ring (bicyclic) bond motifs is 2. The first kappa shape index (κ1) is 14.5. The highest BCUT2D eigenvalue weighted by atomic mass is 19.1. The molecule has 0 bridgehead atoms. The Hall–Kier alpha value is -3.82. The standard InChI is InChI=1S/C16H10FN7O2/c17-9-5-3-8(4-6-9)12-11-13(15(25)20-19-12)18-16-21-22-23-24(16)14(11)10-2-1-7-26-10/h1-7,14H,(H,20,25)(H,18,21,23)/t14-/m0/s1. The van der Waals surface area contributed by atoms with Gasteiger partial charge in [-0.05, 0) is 46.8 Å². The van der Waals surface area contributed by atoms with Crippen molar-refractivity contribution in [2.45, 2.75) is 6.04 Å². The zero-order chi connectivity index (χ0) is 17.7. The third-order valence-electron chi connectivity index (χ3n) is 4.20. The predicted octanol–water partition coefficient (Wildman–Crippen LogP) is 1.85. The molecule has 26 heavy (non-hydrogen) atoms. The molecular weight excluding hydrogens is 341 g/mol. The molecule has 0 radical (unpaired) electrons. The summed E-state index contributed by atoms with van der Waals surface area (Å²) in [4.78, 5) is 12.4. The number of H-pyrrole nitrogens is 1. The zero-order valence-electron chi connectivity index (χ0n) is 13.0. The third kappa shape index (κ3) is 2.05. The molecule has 4 heterocycles. The molecule has 128 valence electrons. The minimum absolute atomic E-state index is 0.267. The van der Waals surface area contributed by atoms with E-state index in [-0.39, 0.29) is 11.5 Å². The number of tetrazole rings is 1. The highest BCUT2D eigenvalue weighted by Crippen LogP contribution is 2.40. The first-order chi connectivity index (χ1) is 12.7. The number of halogens is 1. The normalized spacial score (nSPS) is 15.2. The maximum Gasteiger partial charge on any atom is 0.288 e. The predicted molar refractivity (Wildman–Crippen MR) is 87.3 cm³/mol. The maximum atomic E-state index is 13.3. The van der Waals surface area contributed by atoms with Crippen molar-refractivity contribution in [3.8, 4) is 11.3 Å². The van der Waals surface area contributed by atoms with Crippen molar-refractivity contribution in [2.75, 3.05) is 5.32 Å². The van der Waals surface area contributed by atoms with Gasteiger partial charge in [-0.15, -0.1) is 0 Å². The van der Waals surface area contributed by atoms with Crippen molar-refractivity contribution in [1.29, 1.82) is 0 Å². The minimum atomic E-state index is -0.596. The first-order valence-electron chi connectivity index (χ1n) is 7.69. The molecule has 3 aromatic heterocycles. The van der Waals surface area contributed by atoms with Crippen molar-refractivity contribution < 1.29 is 8.81 Å². The van der Waals surface area contributed by atoms with Gasteiger partial charge in [0.15, 0.2) is 0 Å². The van der Waals surface area contributed by atoms with E-state index in [9.17, 15) is 9.18 Å². The van der Waals surface area contributed by atoms with Crippen LogP contribution < -0.4 is 10.9 Å². The molecule has 0 aliphatic carbocycles. The molecule has 5 rings (SSSR count). The van der Waals surface area contributed by atoms with E-state index < -0.39 is 11.6 Å². The van der Waals surface area contributed by atoms with Crippen LogP contribution in [0.2, 0.25) is 0 Å². The highest BCUT2D eigenvalue weighted by Gasteiger charge is 2.35. The van der Waals surface area contributed by atoms with Crippen LogP contribution in [-0.2, 0) is 0 Å². The van der Waals surface area contributed by atoms with Crippen LogP contribution in [0.15, 0.2) is 51.9 Å². The highest BCUT2D eigenvalue weighted by molar-refractivity contribution is 5.75. The Morgan fingerprint density at radius 2 is 2.04 bits per heavy atom. The van der Waals surface area contributed by atoms with E-state index in [2.05, 4.69) is 31.0 Å². The average molecular weight is 351 g/mol. The molecule has 0 spiro atoms. The number of nitrogens with zero attached hydrogens (tertiary/aromatic N) is 5. The summed E-state index contributed by atoms with van der Waals surface area (Å²) in [5.74, 6) is 0.480. The third-order valence-corrected chi connectivity index (χ3v) is 4.20. The van der Waals surface area contributed by atoms with Gasteiger partial charge < -0.3 is 9.73 Å². The Balaban J connectivity index is 1.82. The smallest absolute Gasteiger partial charge is 0.288 e. The molecular formula is C16H10FN7O2. The van der Waals surface area contributed by atoms with Crippen LogP contribution in [-0.4, -0.2) is 30.4 Å². The van der Waals surface area contributed by atoms with Crippen LogP contribution in [0.25, 0.3) is 11.3 Å². The van der Waals surface area contributed by atoms with E-state index >= 15 is 0 Å². The van der Waals surface area contributed by atoms with Crippen LogP contribution in [0.4, 0.5) is 16.0 Å². The van der Waals surface area contributed by atoms with Gasteiger partial charge in [-0.1, -0.05) is 5.10 Å². The van der Waals surface area contributed by atoms with Gasteiger partial charge in [0.1, 0.15) is 23.3 Å². The van der Waals surface area contributed by atoms with Crippen molar-refractivity contribution in [3.05, 3.63) is 70.2 Å². The van der Waals surface area contributed by atoms with Gasteiger partial charge in [-0.25, -0.2) is 9.49 Å². The van der Waals surface area contributed by atoms with Gasteiger partial charge in [-0.2, -0.15) is 9.78 Å². The lowest BCUT2D eigenvalue weighted by Gasteiger charge is -2.26. The second-order valence-electron chi connectivity index (χ2n) is 5.69. The summed E-state index contributed by atoms with van der Waals surface area (Å²) in [5, 5.41) is 21.1. The van der Waals surface area contributed by atoms with E-state index in [0.717, 1.165) is 0 Å². The lowest BCUT2D eigenvalue weighted by Crippen LogP contribution is -2.28. The van der Waals surface area contributed by atoms with Crippen LogP contribution >= 0.6 is 0 Å². The molecule has 0 saturated heterocycles. The molecule has 1 aromatic carbocycles. The Morgan fingerprint density at radius 1 is 1.19 bits per heavy atom. The van der Waals surface area contributed by atoms with E-state index in [1.54, 1.807) is 24.3 Å². The van der Waals surface area contributed by atoms with Crippen molar-refractivity contribution in [3.63, 3.8) is 0 Å². The van der Waals surface area contributed by atoms with Crippen LogP contribution in [0.1, 0.15) is 17.4 Å². The quantitative estimate of drug-likeness (QED) is 0.499. The number of furan rings is 1. The lowest BCUT2D eigenvalue weighted by atomic mass is 9.96. The number of anilines is 2. The molecule has 2 N–H and O–H groups in total. The van der Waals surface area contributed by atoms with Crippen LogP contribution in [0.5, 0.6) is 0 Å². The van der Waals surface area contributed by atoms with Gasteiger partial charge in [-0.3, -0.25) is 4.79 Å². The number of aromatic amines is 1. The second-order valence-corrected chi connectivity index (χ2v) is 5.69. The lowest BCUT2D eigenvalue weighted by molar-refractivity contribution is 0.435. The summed E-state index contributed by atoms with van der Waals surface area (Å²) in [6, 6.07) is 8.74. The maximum absolute atomic E-state index is 13.3. The molecule has 0 unspecified atom stereocenters. The van der Waals surface area contributed by atoms with Gasteiger partial charge in [0, 0.05) is 11.1 Å². The topological polar surface area (TPSA) is 115 Å². The number of aromatic nitrogens is 6. The molecule has 9 nitrogen and oxygen atoms in total. The van der Waals surface area contributed by atoms with E-state index in [1.165, 1.54) is 23.1 Å². The largest absolute Gasteiger partial charge is 0.467 e. The Bertz CT molecular complexity index is 1150. The average Bonchev–Trinajstić information content (AvgIpc) is 3.33. The minimum Gasteiger partial charge on any atom is -0.467 e. The Kier molecular flexibility index (Phi) is 2.98. The summed E-state index contributed by atoms with van der Waals surface area (Å²) in [6.45, 7) is 0.